The van der Waals surface area contributed by atoms with Crippen molar-refractivity contribution < 1.29 is 9.21 Å². The molecule has 0 aliphatic carbocycles. The normalized spacial score (nSPS) is 18.4. The van der Waals surface area contributed by atoms with Crippen molar-refractivity contribution in [1.29, 1.82) is 0 Å². The maximum Gasteiger partial charge on any atom is 0.263 e. The van der Waals surface area contributed by atoms with Gasteiger partial charge >= 0.3 is 0 Å². The highest BCUT2D eigenvalue weighted by molar-refractivity contribution is 6.15. The van der Waals surface area contributed by atoms with Crippen LogP contribution >= 0.6 is 0 Å². The van der Waals surface area contributed by atoms with Crippen LogP contribution in [-0.2, 0) is 0 Å². The largest absolute Gasteiger partial charge is 0.438 e. The van der Waals surface area contributed by atoms with Crippen LogP contribution in [0.3, 0.4) is 0 Å². The molecule has 2 atom stereocenters. The number of fused-ring (bicyclic) bond motifs is 1. The van der Waals surface area contributed by atoms with Crippen molar-refractivity contribution in [3.8, 4) is 11.1 Å². The molecule has 0 unspecified atom stereocenters. The van der Waals surface area contributed by atoms with Crippen LogP contribution in [0.4, 0.5) is 17.3 Å². The SMILES string of the molecule is C[C@H]1C[C@@H](N)CN(c2ccncc2NC(=O)c2c(N)oc3cc(-c4cncnc4)cnc23)C1. The number of nitrogens with zero attached hydrogens (tertiary/aromatic N) is 5. The van der Waals surface area contributed by atoms with Crippen LogP contribution in [0.15, 0.2) is 53.9 Å². The molecule has 0 spiro atoms. The first-order valence-corrected chi connectivity index (χ1v) is 10.7. The highest BCUT2D eigenvalue weighted by atomic mass is 16.3. The second kappa shape index (κ2) is 8.47. The quantitative estimate of drug-likeness (QED) is 0.432. The Morgan fingerprint density at radius 1 is 1.15 bits per heavy atom. The van der Waals surface area contributed by atoms with E-state index in [0.29, 0.717) is 29.2 Å². The number of nitrogen functional groups attached to an aromatic ring is 1. The van der Waals surface area contributed by atoms with Crippen molar-refractivity contribution in [2.75, 3.05) is 29.0 Å². The zero-order valence-corrected chi connectivity index (χ0v) is 18.1. The number of carbonyl (C=O) groups is 1. The Bertz CT molecular complexity index is 1300. The van der Waals surface area contributed by atoms with E-state index >= 15 is 0 Å². The molecule has 1 amide bonds. The molecule has 5 heterocycles. The van der Waals surface area contributed by atoms with E-state index in [0.717, 1.165) is 29.8 Å². The lowest BCUT2D eigenvalue weighted by Gasteiger charge is -2.37. The molecule has 4 aromatic heterocycles. The summed E-state index contributed by atoms with van der Waals surface area (Å²) >= 11 is 0. The molecule has 10 heteroatoms. The van der Waals surface area contributed by atoms with Gasteiger partial charge in [0.25, 0.3) is 5.91 Å². The average molecular weight is 444 g/mol. The fourth-order valence-corrected chi connectivity index (χ4v) is 4.36. The number of amides is 1. The van der Waals surface area contributed by atoms with E-state index in [1.165, 1.54) is 6.33 Å². The molecule has 168 valence electrons. The molecule has 0 bridgehead atoms. The second-order valence-electron chi connectivity index (χ2n) is 8.39. The maximum absolute atomic E-state index is 13.2. The maximum atomic E-state index is 13.2. The van der Waals surface area contributed by atoms with Crippen molar-refractivity contribution in [3.63, 3.8) is 0 Å². The number of nitrogens with one attached hydrogen (secondary N) is 1. The predicted molar refractivity (Wildman–Crippen MR) is 126 cm³/mol. The van der Waals surface area contributed by atoms with Crippen LogP contribution in [0.2, 0.25) is 0 Å². The third-order valence-electron chi connectivity index (χ3n) is 5.76. The molecule has 5 rings (SSSR count). The number of piperidine rings is 1. The highest BCUT2D eigenvalue weighted by Crippen LogP contribution is 2.33. The first-order chi connectivity index (χ1) is 16.0. The molecular weight excluding hydrogens is 420 g/mol. The zero-order chi connectivity index (χ0) is 22.9. The van der Waals surface area contributed by atoms with Crippen molar-refractivity contribution in [2.24, 2.45) is 11.7 Å². The number of anilines is 3. The summed E-state index contributed by atoms with van der Waals surface area (Å²) < 4.78 is 5.67. The van der Waals surface area contributed by atoms with Crippen LogP contribution in [0, 0.1) is 5.92 Å². The van der Waals surface area contributed by atoms with E-state index in [-0.39, 0.29) is 17.5 Å². The zero-order valence-electron chi connectivity index (χ0n) is 18.1. The monoisotopic (exact) mass is 444 g/mol. The van der Waals surface area contributed by atoms with Gasteiger partial charge in [0.05, 0.1) is 17.6 Å². The summed E-state index contributed by atoms with van der Waals surface area (Å²) in [5.41, 5.74) is 16.3. The smallest absolute Gasteiger partial charge is 0.263 e. The standard InChI is InChI=1S/C23H24N8O2/c1-13-4-16(24)11-31(10-13)18-2-3-26-9-17(18)30-23(32)20-21-19(33-22(20)25)5-14(8-29-21)15-6-27-12-28-7-15/h2-3,5-9,12-13,16H,4,10-11,24-25H2,1H3,(H,30,32)/t13-,16+/m0/s1. The van der Waals surface area contributed by atoms with Gasteiger partial charge in [0, 0.05) is 55.0 Å². The van der Waals surface area contributed by atoms with E-state index in [2.05, 4.69) is 37.1 Å². The Morgan fingerprint density at radius 2 is 1.97 bits per heavy atom. The number of carbonyl (C=O) groups excluding carboxylic acids is 1. The predicted octanol–water partition coefficient (Wildman–Crippen LogP) is 2.69. The van der Waals surface area contributed by atoms with Crippen molar-refractivity contribution in [1.82, 2.24) is 19.9 Å². The third-order valence-corrected chi connectivity index (χ3v) is 5.76. The number of aromatic nitrogens is 4. The summed E-state index contributed by atoms with van der Waals surface area (Å²) in [5.74, 6) is 0.0287. The molecule has 33 heavy (non-hydrogen) atoms. The number of pyridine rings is 2. The number of furan rings is 1. The number of nitrogens with two attached hydrogens (primary N) is 2. The molecular formula is C23H24N8O2. The Hall–Kier alpha value is -4.05. The first-order valence-electron chi connectivity index (χ1n) is 10.7. The number of rotatable bonds is 4. The Labute approximate surface area is 190 Å². The topological polar surface area (TPSA) is 149 Å². The van der Waals surface area contributed by atoms with E-state index in [9.17, 15) is 4.79 Å². The number of hydrogen-bond acceptors (Lipinski definition) is 9. The molecule has 1 fully saturated rings. The molecule has 1 aliphatic heterocycles. The van der Waals surface area contributed by atoms with Crippen LogP contribution < -0.4 is 21.7 Å². The van der Waals surface area contributed by atoms with Crippen molar-refractivity contribution in [3.05, 3.63) is 55.0 Å². The molecule has 5 N–H and O–H groups in total. The first kappa shape index (κ1) is 20.8. The van der Waals surface area contributed by atoms with Gasteiger partial charge in [-0.05, 0) is 24.5 Å². The van der Waals surface area contributed by atoms with Crippen molar-refractivity contribution >= 4 is 34.3 Å². The fraction of sp³-hybridized carbons (Fsp3) is 0.261. The van der Waals surface area contributed by atoms with Gasteiger partial charge in [-0.3, -0.25) is 14.8 Å². The van der Waals surface area contributed by atoms with Gasteiger partial charge in [0.1, 0.15) is 17.4 Å². The lowest BCUT2D eigenvalue weighted by Crippen LogP contribution is -2.46. The Kier molecular flexibility index (Phi) is 5.35. The summed E-state index contributed by atoms with van der Waals surface area (Å²) in [6.07, 6.45) is 10.7. The van der Waals surface area contributed by atoms with Gasteiger partial charge in [0.2, 0.25) is 5.88 Å². The summed E-state index contributed by atoms with van der Waals surface area (Å²) in [4.78, 5) is 32.1. The summed E-state index contributed by atoms with van der Waals surface area (Å²) in [7, 11) is 0. The van der Waals surface area contributed by atoms with Gasteiger partial charge in [-0.15, -0.1) is 0 Å². The fourth-order valence-electron chi connectivity index (χ4n) is 4.36. The van der Waals surface area contributed by atoms with Crippen LogP contribution in [-0.4, -0.2) is 45.0 Å². The van der Waals surface area contributed by atoms with Gasteiger partial charge in [-0.2, -0.15) is 0 Å². The molecule has 0 radical (unpaired) electrons. The van der Waals surface area contributed by atoms with Crippen LogP contribution in [0.1, 0.15) is 23.7 Å². The summed E-state index contributed by atoms with van der Waals surface area (Å²) in [6.45, 7) is 3.73. The van der Waals surface area contributed by atoms with Gasteiger partial charge in [0.15, 0.2) is 5.58 Å². The van der Waals surface area contributed by atoms with Gasteiger partial charge in [-0.1, -0.05) is 6.92 Å². The minimum absolute atomic E-state index is 0.00415. The minimum atomic E-state index is -0.418. The van der Waals surface area contributed by atoms with E-state index in [1.54, 1.807) is 37.1 Å². The Morgan fingerprint density at radius 3 is 2.76 bits per heavy atom. The lowest BCUT2D eigenvalue weighted by atomic mass is 9.96. The van der Waals surface area contributed by atoms with Gasteiger partial charge < -0.3 is 26.1 Å². The number of hydrogen-bond donors (Lipinski definition) is 3. The lowest BCUT2D eigenvalue weighted by molar-refractivity contribution is 0.102. The molecule has 4 aromatic rings. The Balaban J connectivity index is 1.45. The van der Waals surface area contributed by atoms with Crippen LogP contribution in [0.25, 0.3) is 22.2 Å². The molecule has 1 saturated heterocycles. The molecule has 1 aliphatic rings. The summed E-state index contributed by atoms with van der Waals surface area (Å²) in [6, 6.07) is 3.72. The summed E-state index contributed by atoms with van der Waals surface area (Å²) in [5, 5.41) is 2.94. The molecule has 0 saturated carbocycles. The van der Waals surface area contributed by atoms with E-state index < -0.39 is 5.91 Å². The minimum Gasteiger partial charge on any atom is -0.438 e. The molecule has 10 nitrogen and oxygen atoms in total. The molecule has 0 aromatic carbocycles. The van der Waals surface area contributed by atoms with E-state index in [4.69, 9.17) is 15.9 Å². The highest BCUT2D eigenvalue weighted by Gasteiger charge is 2.26. The van der Waals surface area contributed by atoms with E-state index in [1.807, 2.05) is 6.07 Å². The average Bonchev–Trinajstić information content (AvgIpc) is 3.14. The third kappa shape index (κ3) is 4.08. The second-order valence-corrected chi connectivity index (χ2v) is 8.39. The van der Waals surface area contributed by atoms with Gasteiger partial charge in [-0.25, -0.2) is 9.97 Å². The van der Waals surface area contributed by atoms with Crippen LogP contribution in [0.5, 0.6) is 0 Å². The van der Waals surface area contributed by atoms with Crippen molar-refractivity contribution in [2.45, 2.75) is 19.4 Å².